The van der Waals surface area contributed by atoms with Gasteiger partial charge in [-0.05, 0) is 117 Å². The Bertz CT molecular complexity index is 567. The lowest BCUT2D eigenvalue weighted by molar-refractivity contribution is -0.121. The highest BCUT2D eigenvalue weighted by Gasteiger charge is 2.60. The molecular weight excluding hydrogens is 328 g/mol. The monoisotopic (exact) mass is 372 g/mol. The second-order valence-electron chi connectivity index (χ2n) is 12.0. The summed E-state index contributed by atoms with van der Waals surface area (Å²) in [6, 6.07) is 0. The van der Waals surface area contributed by atoms with Gasteiger partial charge in [-0.15, -0.1) is 0 Å². The minimum absolute atomic E-state index is 0.378. The van der Waals surface area contributed by atoms with E-state index in [-0.39, 0.29) is 0 Å². The van der Waals surface area contributed by atoms with Crippen LogP contribution in [0.25, 0.3) is 0 Å². The molecule has 9 atom stereocenters. The number of ketones is 1. The molecule has 0 bridgehead atoms. The largest absolute Gasteiger partial charge is 0.300 e. The van der Waals surface area contributed by atoms with Gasteiger partial charge in [-0.1, -0.05) is 34.1 Å². The topological polar surface area (TPSA) is 17.1 Å². The summed E-state index contributed by atoms with van der Waals surface area (Å²) < 4.78 is 0. The lowest BCUT2D eigenvalue weighted by Crippen LogP contribution is -2.53. The van der Waals surface area contributed by atoms with Crippen molar-refractivity contribution in [2.75, 3.05) is 0 Å². The highest BCUT2D eigenvalue weighted by atomic mass is 16.1. The van der Waals surface area contributed by atoms with E-state index in [2.05, 4.69) is 27.7 Å². The van der Waals surface area contributed by atoms with Crippen LogP contribution in [0.2, 0.25) is 0 Å². The van der Waals surface area contributed by atoms with E-state index in [0.717, 1.165) is 54.3 Å². The third-order valence-electron chi connectivity index (χ3n) is 10.6. The van der Waals surface area contributed by atoms with Crippen molar-refractivity contribution in [2.45, 2.75) is 105 Å². The van der Waals surface area contributed by atoms with E-state index in [9.17, 15) is 4.79 Å². The van der Waals surface area contributed by atoms with Gasteiger partial charge in [-0.3, -0.25) is 0 Å². The number of fused-ring (bicyclic) bond motifs is 5. The Morgan fingerprint density at radius 2 is 1.67 bits per heavy atom. The van der Waals surface area contributed by atoms with Gasteiger partial charge in [0.15, 0.2) is 0 Å². The highest BCUT2D eigenvalue weighted by Crippen LogP contribution is 2.68. The minimum Gasteiger partial charge on any atom is -0.300 e. The number of hydrogen-bond donors (Lipinski definition) is 0. The second kappa shape index (κ2) is 7.17. The van der Waals surface area contributed by atoms with Gasteiger partial charge in [0.25, 0.3) is 0 Å². The first-order chi connectivity index (χ1) is 12.8. The Morgan fingerprint density at radius 3 is 2.41 bits per heavy atom. The Hall–Kier alpha value is -0.330. The molecule has 4 aliphatic carbocycles. The molecule has 4 fully saturated rings. The average Bonchev–Trinajstić information content (AvgIpc) is 2.97. The van der Waals surface area contributed by atoms with Gasteiger partial charge >= 0.3 is 0 Å². The molecule has 0 heterocycles. The first-order valence-corrected chi connectivity index (χ1v) is 12.2. The summed E-state index contributed by atoms with van der Waals surface area (Å²) in [4.78, 5) is 11.5. The van der Waals surface area contributed by atoms with Crippen molar-refractivity contribution in [2.24, 2.45) is 52.3 Å². The number of Topliss-reactive ketones (excluding diaryl/α,β-unsaturated/α-hetero) is 1. The lowest BCUT2D eigenvalue weighted by atomic mass is 9.44. The molecule has 0 aromatic heterocycles. The number of hydrogen-bond acceptors (Lipinski definition) is 1. The maximum absolute atomic E-state index is 11.5. The van der Waals surface area contributed by atoms with Gasteiger partial charge in [0.1, 0.15) is 5.78 Å². The standard InChI is InChI=1S/C26H44O/c1-17-12-14-25(4)20(16-17)8-9-21-23-11-10-22(18(2)6-7-19(3)27)26(23,5)15-13-24(21)25/h17-18,20-24H,6-16H2,1-5H3/t17-,18-,20-,21+,22-,23+,24+,25+,26-/m1/s1. The van der Waals surface area contributed by atoms with E-state index >= 15 is 0 Å². The molecule has 4 rings (SSSR count). The van der Waals surface area contributed by atoms with Crippen LogP contribution < -0.4 is 0 Å². The van der Waals surface area contributed by atoms with E-state index in [1.807, 2.05) is 0 Å². The summed E-state index contributed by atoms with van der Waals surface area (Å²) in [6.07, 6.45) is 15.3. The van der Waals surface area contributed by atoms with Crippen molar-refractivity contribution in [1.29, 1.82) is 0 Å². The van der Waals surface area contributed by atoms with Crippen LogP contribution in [-0.2, 0) is 4.79 Å². The fraction of sp³-hybridized carbons (Fsp3) is 0.962. The zero-order chi connectivity index (χ0) is 19.4. The zero-order valence-electron chi connectivity index (χ0n) is 18.7. The Labute approximate surface area is 168 Å². The van der Waals surface area contributed by atoms with Crippen LogP contribution in [0.3, 0.4) is 0 Å². The molecule has 1 heteroatoms. The van der Waals surface area contributed by atoms with Crippen molar-refractivity contribution >= 4 is 5.78 Å². The first kappa shape index (κ1) is 20.0. The summed E-state index contributed by atoms with van der Waals surface area (Å²) in [5, 5.41) is 0. The molecule has 0 spiro atoms. The van der Waals surface area contributed by atoms with Gasteiger partial charge in [-0.2, -0.15) is 0 Å². The SMILES string of the molecule is CC(=O)CC[C@@H](C)[C@H]1CC[C@H]2[C@@H]3CC[C@@H]4C[C@H](C)CC[C@]4(C)[C@H]3CC[C@]12C. The molecule has 0 aromatic rings. The minimum atomic E-state index is 0.378. The van der Waals surface area contributed by atoms with Crippen LogP contribution in [0.15, 0.2) is 0 Å². The van der Waals surface area contributed by atoms with Crippen molar-refractivity contribution < 1.29 is 4.79 Å². The van der Waals surface area contributed by atoms with Crippen LogP contribution in [0.1, 0.15) is 105 Å². The van der Waals surface area contributed by atoms with Gasteiger partial charge in [0, 0.05) is 6.42 Å². The van der Waals surface area contributed by atoms with Crippen LogP contribution in [0.4, 0.5) is 0 Å². The smallest absolute Gasteiger partial charge is 0.129 e. The fourth-order valence-electron chi connectivity index (χ4n) is 9.08. The number of carbonyl (C=O) groups excluding carboxylic acids is 1. The molecule has 0 amide bonds. The summed E-state index contributed by atoms with van der Waals surface area (Å²) in [5.41, 5.74) is 1.21. The molecule has 0 aromatic carbocycles. The van der Waals surface area contributed by atoms with E-state index in [0.29, 0.717) is 16.6 Å². The molecule has 0 N–H and O–H groups in total. The van der Waals surface area contributed by atoms with Crippen molar-refractivity contribution in [3.8, 4) is 0 Å². The Kier molecular flexibility index (Phi) is 5.30. The normalized spacial score (nSPS) is 50.4. The Balaban J connectivity index is 1.51. The van der Waals surface area contributed by atoms with Crippen LogP contribution >= 0.6 is 0 Å². The second-order valence-corrected chi connectivity index (χ2v) is 12.0. The van der Waals surface area contributed by atoms with Gasteiger partial charge < -0.3 is 4.79 Å². The van der Waals surface area contributed by atoms with Gasteiger partial charge in [0.05, 0.1) is 0 Å². The van der Waals surface area contributed by atoms with E-state index in [1.54, 1.807) is 6.92 Å². The maximum Gasteiger partial charge on any atom is 0.129 e. The van der Waals surface area contributed by atoms with Crippen molar-refractivity contribution in [3.63, 3.8) is 0 Å². The fourth-order valence-corrected chi connectivity index (χ4v) is 9.08. The van der Waals surface area contributed by atoms with Gasteiger partial charge in [-0.25, -0.2) is 0 Å². The summed E-state index contributed by atoms with van der Waals surface area (Å²) >= 11 is 0. The molecule has 0 aliphatic heterocycles. The van der Waals surface area contributed by atoms with Crippen molar-refractivity contribution in [3.05, 3.63) is 0 Å². The van der Waals surface area contributed by atoms with Gasteiger partial charge in [0.2, 0.25) is 0 Å². The Morgan fingerprint density at radius 1 is 0.963 bits per heavy atom. The average molecular weight is 373 g/mol. The zero-order valence-corrected chi connectivity index (χ0v) is 18.7. The summed E-state index contributed by atoms with van der Waals surface area (Å²) in [5.74, 6) is 6.92. The maximum atomic E-state index is 11.5. The molecule has 0 unspecified atom stereocenters. The highest BCUT2D eigenvalue weighted by molar-refractivity contribution is 5.75. The first-order valence-electron chi connectivity index (χ1n) is 12.2. The molecule has 0 saturated heterocycles. The predicted octanol–water partition coefficient (Wildman–Crippen LogP) is 7.29. The third kappa shape index (κ3) is 3.24. The van der Waals surface area contributed by atoms with E-state index in [4.69, 9.17) is 0 Å². The van der Waals surface area contributed by atoms with E-state index in [1.165, 1.54) is 57.8 Å². The number of carbonyl (C=O) groups is 1. The van der Waals surface area contributed by atoms with Crippen LogP contribution in [-0.4, -0.2) is 5.78 Å². The molecule has 27 heavy (non-hydrogen) atoms. The predicted molar refractivity (Wildman–Crippen MR) is 113 cm³/mol. The van der Waals surface area contributed by atoms with Crippen LogP contribution in [0.5, 0.6) is 0 Å². The lowest BCUT2D eigenvalue weighted by Gasteiger charge is -2.61. The third-order valence-corrected chi connectivity index (χ3v) is 10.6. The molecule has 4 aliphatic rings. The summed E-state index contributed by atoms with van der Waals surface area (Å²) in [7, 11) is 0. The molecule has 4 saturated carbocycles. The van der Waals surface area contributed by atoms with E-state index < -0.39 is 0 Å². The van der Waals surface area contributed by atoms with Crippen molar-refractivity contribution in [1.82, 2.24) is 0 Å². The molecular formula is C26H44O. The quantitative estimate of drug-likeness (QED) is 0.506. The molecule has 1 nitrogen and oxygen atoms in total. The molecule has 154 valence electrons. The van der Waals surface area contributed by atoms with Crippen LogP contribution in [0, 0.1) is 52.3 Å². The number of rotatable bonds is 4. The summed E-state index contributed by atoms with van der Waals surface area (Å²) in [6.45, 7) is 12.1. The molecule has 0 radical (unpaired) electrons.